The maximum Gasteiger partial charge on any atom is 0.308 e. The second-order valence-electron chi connectivity index (χ2n) is 7.80. The van der Waals surface area contributed by atoms with Crippen LogP contribution in [0.2, 0.25) is 0 Å². The van der Waals surface area contributed by atoms with Gasteiger partial charge in [0.05, 0.1) is 12.7 Å². The number of benzene rings is 2. The second-order valence-corrected chi connectivity index (χ2v) is 7.80. The van der Waals surface area contributed by atoms with Gasteiger partial charge in [0.1, 0.15) is 23.7 Å². The SMILES string of the molecule is COc1cc2c(c(OC(C)=O)c1C)C(=O)[C@@]1(OC(C)=O)c3cccc(OC(C)=O)c3OC[C@@H]1O2. The fourth-order valence-electron chi connectivity index (χ4n) is 4.26. The number of ketones is 1. The molecule has 2 aromatic rings. The van der Waals surface area contributed by atoms with Gasteiger partial charge < -0.3 is 28.4 Å². The van der Waals surface area contributed by atoms with Crippen LogP contribution in [-0.4, -0.2) is 43.5 Å². The van der Waals surface area contributed by atoms with Crippen LogP contribution in [0, 0.1) is 6.92 Å². The molecule has 0 saturated carbocycles. The van der Waals surface area contributed by atoms with E-state index in [9.17, 15) is 19.2 Å². The summed E-state index contributed by atoms with van der Waals surface area (Å²) in [5.74, 6) is -2.24. The first-order valence-electron chi connectivity index (χ1n) is 10.4. The number of hydrogen-bond acceptors (Lipinski definition) is 10. The van der Waals surface area contributed by atoms with Crippen LogP contribution >= 0.6 is 0 Å². The molecule has 0 bridgehead atoms. The summed E-state index contributed by atoms with van der Waals surface area (Å²) in [6, 6.07) is 6.04. The summed E-state index contributed by atoms with van der Waals surface area (Å²) >= 11 is 0. The second kappa shape index (κ2) is 8.36. The zero-order valence-electron chi connectivity index (χ0n) is 19.2. The Hall–Kier alpha value is -4.08. The van der Waals surface area contributed by atoms with E-state index in [1.165, 1.54) is 45.2 Å². The van der Waals surface area contributed by atoms with Crippen LogP contribution in [-0.2, 0) is 24.7 Å². The van der Waals surface area contributed by atoms with Crippen LogP contribution in [0.15, 0.2) is 24.3 Å². The van der Waals surface area contributed by atoms with Crippen LogP contribution in [0.1, 0.15) is 42.3 Å². The molecule has 0 spiro atoms. The lowest BCUT2D eigenvalue weighted by atomic mass is 9.76. The van der Waals surface area contributed by atoms with Gasteiger partial charge in [-0.3, -0.25) is 19.2 Å². The van der Waals surface area contributed by atoms with Crippen molar-refractivity contribution in [2.24, 2.45) is 0 Å². The molecule has 0 aromatic heterocycles. The van der Waals surface area contributed by atoms with Gasteiger partial charge in [0.25, 0.3) is 0 Å². The normalized spacial score (nSPS) is 19.9. The molecule has 2 aliphatic rings. The van der Waals surface area contributed by atoms with Crippen LogP contribution in [0.4, 0.5) is 0 Å². The van der Waals surface area contributed by atoms with Gasteiger partial charge in [-0.2, -0.15) is 0 Å². The van der Waals surface area contributed by atoms with Crippen molar-refractivity contribution in [2.45, 2.75) is 39.4 Å². The highest BCUT2D eigenvalue weighted by atomic mass is 16.6. The van der Waals surface area contributed by atoms with Crippen LogP contribution in [0.25, 0.3) is 0 Å². The van der Waals surface area contributed by atoms with Crippen LogP contribution in [0.5, 0.6) is 28.7 Å². The molecule has 4 rings (SSSR count). The van der Waals surface area contributed by atoms with Crippen molar-refractivity contribution in [3.05, 3.63) is 41.0 Å². The Morgan fingerprint density at radius 1 is 1.03 bits per heavy atom. The van der Waals surface area contributed by atoms with Crippen molar-refractivity contribution in [2.75, 3.05) is 13.7 Å². The van der Waals surface area contributed by atoms with Crippen molar-refractivity contribution < 1.29 is 47.6 Å². The van der Waals surface area contributed by atoms with E-state index in [2.05, 4.69) is 0 Å². The number of methoxy groups -OCH3 is 1. The third kappa shape index (κ3) is 3.51. The number of hydrogen-bond donors (Lipinski definition) is 0. The fraction of sp³-hybridized carbons (Fsp3) is 0.333. The first-order chi connectivity index (χ1) is 16.1. The van der Waals surface area contributed by atoms with E-state index in [1.807, 2.05) is 0 Å². The monoisotopic (exact) mass is 470 g/mol. The standard InChI is InChI=1S/C24H22O10/c1-11-17(29-5)9-18-20(21(11)32-13(3)26)23(28)24(34-14(4)27)15-7-6-8-16(31-12(2)25)22(15)30-10-19(24)33-18/h6-9,19H,10H2,1-5H3/t19-,24+/m0/s1. The number of carbonyl (C=O) groups is 4. The van der Waals surface area contributed by atoms with E-state index in [0.29, 0.717) is 11.3 Å². The molecule has 2 atom stereocenters. The number of Topliss-reactive ketones (excluding diaryl/α,β-unsaturated/α-hetero) is 1. The average molecular weight is 470 g/mol. The lowest BCUT2D eigenvalue weighted by molar-refractivity contribution is -0.168. The molecule has 178 valence electrons. The number of fused-ring (bicyclic) bond motifs is 4. The number of para-hydroxylation sites is 1. The Morgan fingerprint density at radius 2 is 1.74 bits per heavy atom. The molecule has 0 fully saturated rings. The minimum Gasteiger partial charge on any atom is -0.496 e. The summed E-state index contributed by atoms with van der Waals surface area (Å²) in [5, 5.41) is 0. The van der Waals surface area contributed by atoms with Gasteiger partial charge >= 0.3 is 17.9 Å². The molecule has 34 heavy (non-hydrogen) atoms. The predicted molar refractivity (Wildman–Crippen MR) is 114 cm³/mol. The number of ether oxygens (including phenoxy) is 6. The molecule has 0 radical (unpaired) electrons. The van der Waals surface area contributed by atoms with Gasteiger partial charge in [0, 0.05) is 32.4 Å². The highest BCUT2D eigenvalue weighted by molar-refractivity contribution is 6.11. The van der Waals surface area contributed by atoms with E-state index in [4.69, 9.17) is 28.4 Å². The molecular formula is C24H22O10. The number of esters is 3. The maximum absolute atomic E-state index is 14.2. The molecule has 0 amide bonds. The quantitative estimate of drug-likeness (QED) is 0.487. The third-order valence-corrected chi connectivity index (χ3v) is 5.52. The molecule has 0 aliphatic carbocycles. The highest BCUT2D eigenvalue weighted by Gasteiger charge is 2.61. The number of carbonyl (C=O) groups excluding carboxylic acids is 4. The lowest BCUT2D eigenvalue weighted by Gasteiger charge is -2.45. The van der Waals surface area contributed by atoms with Crippen molar-refractivity contribution in [1.82, 2.24) is 0 Å². The van der Waals surface area contributed by atoms with Gasteiger partial charge in [-0.25, -0.2) is 0 Å². The topological polar surface area (TPSA) is 124 Å². The van der Waals surface area contributed by atoms with Gasteiger partial charge in [-0.1, -0.05) is 12.1 Å². The fourth-order valence-corrected chi connectivity index (χ4v) is 4.26. The Balaban J connectivity index is 2.01. The average Bonchev–Trinajstić information content (AvgIpc) is 2.75. The first kappa shape index (κ1) is 23.1. The molecule has 0 unspecified atom stereocenters. The Labute approximate surface area is 194 Å². The predicted octanol–water partition coefficient (Wildman–Crippen LogP) is 2.65. The van der Waals surface area contributed by atoms with Crippen LogP contribution < -0.4 is 23.7 Å². The summed E-state index contributed by atoms with van der Waals surface area (Å²) in [6.45, 7) is 4.99. The maximum atomic E-state index is 14.2. The highest BCUT2D eigenvalue weighted by Crippen LogP contribution is 2.53. The van der Waals surface area contributed by atoms with E-state index in [1.54, 1.807) is 6.92 Å². The van der Waals surface area contributed by atoms with Crippen molar-refractivity contribution in [3.8, 4) is 28.7 Å². The molecule has 2 aromatic carbocycles. The minimum atomic E-state index is -1.99. The summed E-state index contributed by atoms with van der Waals surface area (Å²) in [7, 11) is 1.43. The van der Waals surface area contributed by atoms with Gasteiger partial charge in [0.15, 0.2) is 23.4 Å². The number of rotatable bonds is 4. The van der Waals surface area contributed by atoms with E-state index in [0.717, 1.165) is 6.92 Å². The summed E-state index contributed by atoms with van der Waals surface area (Å²) in [4.78, 5) is 49.9. The third-order valence-electron chi connectivity index (χ3n) is 5.52. The minimum absolute atomic E-state index is 0.0553. The van der Waals surface area contributed by atoms with Crippen LogP contribution in [0.3, 0.4) is 0 Å². The summed E-state index contributed by atoms with van der Waals surface area (Å²) < 4.78 is 33.6. The van der Waals surface area contributed by atoms with Crippen molar-refractivity contribution >= 4 is 23.7 Å². The van der Waals surface area contributed by atoms with Crippen molar-refractivity contribution in [3.63, 3.8) is 0 Å². The van der Waals surface area contributed by atoms with Gasteiger partial charge in [0.2, 0.25) is 11.4 Å². The zero-order valence-corrected chi connectivity index (χ0v) is 19.2. The molecule has 2 aliphatic heterocycles. The summed E-state index contributed by atoms with van der Waals surface area (Å²) in [6.07, 6.45) is -1.09. The van der Waals surface area contributed by atoms with Gasteiger partial charge in [-0.15, -0.1) is 0 Å². The Morgan fingerprint density at radius 3 is 2.35 bits per heavy atom. The van der Waals surface area contributed by atoms with E-state index >= 15 is 0 Å². The molecule has 10 heteroatoms. The molecular weight excluding hydrogens is 448 g/mol. The summed E-state index contributed by atoms with van der Waals surface area (Å²) in [5.41, 5.74) is -1.56. The van der Waals surface area contributed by atoms with E-state index in [-0.39, 0.29) is 40.7 Å². The Kier molecular flexibility index (Phi) is 5.68. The molecule has 10 nitrogen and oxygen atoms in total. The van der Waals surface area contributed by atoms with E-state index < -0.39 is 35.4 Å². The largest absolute Gasteiger partial charge is 0.496 e. The zero-order chi connectivity index (χ0) is 24.8. The Bertz CT molecular complexity index is 1230. The lowest BCUT2D eigenvalue weighted by Crippen LogP contribution is -2.59. The molecule has 2 heterocycles. The van der Waals surface area contributed by atoms with Crippen molar-refractivity contribution in [1.29, 1.82) is 0 Å². The smallest absolute Gasteiger partial charge is 0.308 e. The first-order valence-corrected chi connectivity index (χ1v) is 10.4. The molecule has 0 saturated heterocycles. The van der Waals surface area contributed by atoms with Gasteiger partial charge in [-0.05, 0) is 13.0 Å². The molecule has 0 N–H and O–H groups in total.